The van der Waals surface area contributed by atoms with Crippen molar-refractivity contribution in [2.24, 2.45) is 0 Å². The lowest BCUT2D eigenvalue weighted by atomic mass is 9.87. The number of thiazole rings is 1. The van der Waals surface area contributed by atoms with E-state index < -0.39 is 5.54 Å². The summed E-state index contributed by atoms with van der Waals surface area (Å²) in [5.41, 5.74) is 1.16. The van der Waals surface area contributed by atoms with Gasteiger partial charge in [0.2, 0.25) is 0 Å². The molecule has 0 spiro atoms. The Morgan fingerprint density at radius 3 is 2.85 bits per heavy atom. The van der Waals surface area contributed by atoms with Gasteiger partial charge < -0.3 is 10.6 Å². The Bertz CT molecular complexity index is 909. The normalized spacial score (nSPS) is 16.9. The molecule has 136 valence electrons. The minimum atomic E-state index is -0.638. The van der Waals surface area contributed by atoms with Crippen LogP contribution in [0.1, 0.15) is 37.6 Å². The van der Waals surface area contributed by atoms with E-state index in [4.69, 9.17) is 0 Å². The fourth-order valence-corrected chi connectivity index (χ4v) is 4.45. The molecule has 1 saturated heterocycles. The molecule has 6 nitrogen and oxygen atoms in total. The lowest BCUT2D eigenvalue weighted by molar-refractivity contribution is -0.126. The zero-order chi connectivity index (χ0) is 18.1. The van der Waals surface area contributed by atoms with Gasteiger partial charge in [0, 0.05) is 24.0 Å². The minimum absolute atomic E-state index is 0.00403. The number of fused-ring (bicyclic) bond motifs is 1. The molecule has 1 aliphatic heterocycles. The van der Waals surface area contributed by atoms with Gasteiger partial charge in [-0.25, -0.2) is 4.98 Å². The first kappa shape index (κ1) is 17.2. The molecule has 0 aliphatic carbocycles. The number of piperidine rings is 1. The van der Waals surface area contributed by atoms with E-state index in [1.54, 1.807) is 17.5 Å². The molecule has 1 aliphatic rings. The maximum absolute atomic E-state index is 13.2. The Balaban J connectivity index is 1.62. The zero-order valence-corrected chi connectivity index (χ0v) is 15.8. The van der Waals surface area contributed by atoms with Gasteiger partial charge in [0.05, 0.1) is 15.2 Å². The largest absolute Gasteiger partial charge is 0.324 e. The molecule has 3 heterocycles. The number of nitrogens with zero attached hydrogens (tertiary/aromatic N) is 3. The summed E-state index contributed by atoms with van der Waals surface area (Å²) in [5.74, 6) is 0.402. The summed E-state index contributed by atoms with van der Waals surface area (Å²) in [5, 5.41) is 11.9. The van der Waals surface area contributed by atoms with E-state index in [1.165, 1.54) is 0 Å². The lowest BCUT2D eigenvalue weighted by Crippen LogP contribution is -2.52. The van der Waals surface area contributed by atoms with E-state index in [0.29, 0.717) is 5.92 Å². The van der Waals surface area contributed by atoms with Crippen molar-refractivity contribution in [3.63, 3.8) is 0 Å². The molecule has 2 aromatic heterocycles. The monoisotopic (exact) mass is 369 g/mol. The van der Waals surface area contributed by atoms with Gasteiger partial charge in [0.25, 0.3) is 5.91 Å². The predicted octanol–water partition coefficient (Wildman–Crippen LogP) is 3.33. The van der Waals surface area contributed by atoms with Crippen LogP contribution >= 0.6 is 11.3 Å². The van der Waals surface area contributed by atoms with Gasteiger partial charge in [0.1, 0.15) is 5.54 Å². The molecule has 0 radical (unpaired) electrons. The number of benzene rings is 1. The fourth-order valence-electron chi connectivity index (χ4n) is 3.44. The number of hydrogen-bond donors (Lipinski definition) is 2. The van der Waals surface area contributed by atoms with Gasteiger partial charge >= 0.3 is 0 Å². The summed E-state index contributed by atoms with van der Waals surface area (Å²) < 4.78 is 2.91. The highest BCUT2D eigenvalue weighted by molar-refractivity contribution is 7.18. The van der Waals surface area contributed by atoms with Crippen LogP contribution in [0.2, 0.25) is 0 Å². The van der Waals surface area contributed by atoms with E-state index in [9.17, 15) is 4.79 Å². The second-order valence-corrected chi connectivity index (χ2v) is 8.14. The van der Waals surface area contributed by atoms with Gasteiger partial charge in [-0.3, -0.25) is 9.48 Å². The molecule has 4 rings (SSSR count). The molecule has 0 saturated carbocycles. The molecule has 0 unspecified atom stereocenters. The number of carbonyl (C=O) groups is 1. The number of hydrogen-bond acceptors (Lipinski definition) is 5. The SMILES string of the molecule is CC(C)c1nc2ccc(NC(=O)C3(n4cccn4)CCNCC3)cc2s1. The second-order valence-electron chi connectivity index (χ2n) is 7.08. The van der Waals surface area contributed by atoms with Crippen molar-refractivity contribution in [3.8, 4) is 0 Å². The van der Waals surface area contributed by atoms with Crippen LogP contribution in [0.3, 0.4) is 0 Å². The van der Waals surface area contributed by atoms with Crippen LogP contribution in [0, 0.1) is 0 Å². The molecular formula is C19H23N5OS. The Morgan fingerprint density at radius 1 is 1.35 bits per heavy atom. The number of aromatic nitrogens is 3. The maximum atomic E-state index is 13.2. The highest BCUT2D eigenvalue weighted by Crippen LogP contribution is 2.32. The number of rotatable bonds is 4. The van der Waals surface area contributed by atoms with Crippen LogP contribution in [-0.4, -0.2) is 33.8 Å². The number of nitrogens with one attached hydrogen (secondary N) is 2. The van der Waals surface area contributed by atoms with Crippen molar-refractivity contribution in [1.29, 1.82) is 0 Å². The smallest absolute Gasteiger partial charge is 0.252 e. The Morgan fingerprint density at radius 2 is 2.15 bits per heavy atom. The first-order valence-electron chi connectivity index (χ1n) is 9.01. The molecule has 1 amide bonds. The van der Waals surface area contributed by atoms with E-state index in [-0.39, 0.29) is 5.91 Å². The van der Waals surface area contributed by atoms with Gasteiger partial charge in [0.15, 0.2) is 0 Å². The molecule has 7 heteroatoms. The first-order valence-corrected chi connectivity index (χ1v) is 9.83. The van der Waals surface area contributed by atoms with Crippen LogP contribution in [0.4, 0.5) is 5.69 Å². The highest BCUT2D eigenvalue weighted by Gasteiger charge is 2.42. The number of carbonyl (C=O) groups excluding carboxylic acids is 1. The lowest BCUT2D eigenvalue weighted by Gasteiger charge is -2.36. The predicted molar refractivity (Wildman–Crippen MR) is 105 cm³/mol. The third-order valence-corrected chi connectivity index (χ3v) is 6.27. The third-order valence-electron chi connectivity index (χ3n) is 4.95. The van der Waals surface area contributed by atoms with Gasteiger partial charge in [-0.05, 0) is 50.2 Å². The van der Waals surface area contributed by atoms with Crippen LogP contribution in [0.25, 0.3) is 10.2 Å². The van der Waals surface area contributed by atoms with E-state index >= 15 is 0 Å². The van der Waals surface area contributed by atoms with Crippen LogP contribution in [0.5, 0.6) is 0 Å². The van der Waals surface area contributed by atoms with E-state index in [2.05, 4.69) is 34.6 Å². The average Bonchev–Trinajstić information content (AvgIpc) is 3.32. The molecule has 3 aromatic rings. The first-order chi connectivity index (χ1) is 12.6. The van der Waals surface area contributed by atoms with E-state index in [1.807, 2.05) is 35.1 Å². The summed E-state index contributed by atoms with van der Waals surface area (Å²) in [4.78, 5) is 17.9. The Kier molecular flexibility index (Phi) is 4.50. The topological polar surface area (TPSA) is 71.8 Å². The fraction of sp³-hybridized carbons (Fsp3) is 0.421. The molecule has 1 fully saturated rings. The molecule has 2 N–H and O–H groups in total. The Hall–Kier alpha value is -2.25. The standard InChI is InChI=1S/C19H23N5OS/c1-13(2)17-23-15-5-4-14(12-16(15)26-17)22-18(25)19(6-9-20-10-7-19)24-11-3-8-21-24/h3-5,8,11-13,20H,6-7,9-10H2,1-2H3,(H,22,25). The summed E-state index contributed by atoms with van der Waals surface area (Å²) in [6, 6.07) is 7.81. The molecule has 0 bridgehead atoms. The van der Waals surface area contributed by atoms with Crippen molar-refractivity contribution in [3.05, 3.63) is 41.7 Å². The van der Waals surface area contributed by atoms with Gasteiger partial charge in [-0.1, -0.05) is 13.8 Å². The quantitative estimate of drug-likeness (QED) is 0.740. The molecule has 0 atom stereocenters. The molecule has 1 aromatic carbocycles. The van der Waals surface area contributed by atoms with Crippen molar-refractivity contribution >= 4 is 33.1 Å². The Labute approximate surface area is 156 Å². The van der Waals surface area contributed by atoms with Crippen molar-refractivity contribution in [2.45, 2.75) is 38.1 Å². The van der Waals surface area contributed by atoms with Gasteiger partial charge in [-0.2, -0.15) is 5.10 Å². The summed E-state index contributed by atoms with van der Waals surface area (Å²) in [6.45, 7) is 5.90. The molecular weight excluding hydrogens is 346 g/mol. The summed E-state index contributed by atoms with van der Waals surface area (Å²) >= 11 is 1.69. The van der Waals surface area contributed by atoms with Crippen LogP contribution in [-0.2, 0) is 10.3 Å². The minimum Gasteiger partial charge on any atom is -0.324 e. The summed E-state index contributed by atoms with van der Waals surface area (Å²) in [7, 11) is 0. The van der Waals surface area contributed by atoms with Gasteiger partial charge in [-0.15, -0.1) is 11.3 Å². The summed E-state index contributed by atoms with van der Waals surface area (Å²) in [6.07, 6.45) is 5.06. The number of anilines is 1. The second kappa shape index (κ2) is 6.81. The molecule has 26 heavy (non-hydrogen) atoms. The van der Waals surface area contributed by atoms with Crippen LogP contribution in [0.15, 0.2) is 36.7 Å². The van der Waals surface area contributed by atoms with Crippen molar-refractivity contribution < 1.29 is 4.79 Å². The van der Waals surface area contributed by atoms with E-state index in [0.717, 1.165) is 46.8 Å². The third kappa shape index (κ3) is 3.01. The zero-order valence-electron chi connectivity index (χ0n) is 15.0. The average molecular weight is 369 g/mol. The number of amides is 1. The maximum Gasteiger partial charge on any atom is 0.252 e. The van der Waals surface area contributed by atoms with Crippen LogP contribution < -0.4 is 10.6 Å². The van der Waals surface area contributed by atoms with Crippen molar-refractivity contribution in [2.75, 3.05) is 18.4 Å². The highest BCUT2D eigenvalue weighted by atomic mass is 32.1. The van der Waals surface area contributed by atoms with Crippen molar-refractivity contribution in [1.82, 2.24) is 20.1 Å².